The van der Waals surface area contributed by atoms with Crippen LogP contribution in [0.25, 0.3) is 0 Å². The second kappa shape index (κ2) is 5.26. The predicted octanol–water partition coefficient (Wildman–Crippen LogP) is 2.91. The summed E-state index contributed by atoms with van der Waals surface area (Å²) >= 11 is 1.98. The highest BCUT2D eigenvalue weighted by molar-refractivity contribution is 7.98. The van der Waals surface area contributed by atoms with Crippen LogP contribution in [0.1, 0.15) is 39.5 Å². The van der Waals surface area contributed by atoms with E-state index in [1.54, 1.807) is 0 Å². The largest absolute Gasteiger partial charge is 0.314 e. The van der Waals surface area contributed by atoms with Crippen molar-refractivity contribution in [2.45, 2.75) is 45.6 Å². The van der Waals surface area contributed by atoms with E-state index in [1.807, 2.05) is 11.8 Å². The third-order valence-corrected chi connectivity index (χ3v) is 3.75. The summed E-state index contributed by atoms with van der Waals surface area (Å²) in [6, 6.07) is 0.645. The highest BCUT2D eigenvalue weighted by Gasteiger charge is 2.35. The number of thioether (sulfide) groups is 1. The van der Waals surface area contributed by atoms with E-state index >= 15 is 0 Å². The molecule has 0 aromatic rings. The molecular weight excluding hydrogens is 178 g/mol. The number of rotatable bonds is 6. The van der Waals surface area contributed by atoms with E-state index in [0.717, 1.165) is 0 Å². The lowest BCUT2D eigenvalue weighted by Crippen LogP contribution is -2.42. The molecule has 1 nitrogen and oxygen atoms in total. The van der Waals surface area contributed by atoms with Crippen molar-refractivity contribution in [1.29, 1.82) is 0 Å². The fourth-order valence-corrected chi connectivity index (χ4v) is 2.57. The minimum atomic E-state index is 0.645. The molecule has 1 saturated carbocycles. The van der Waals surface area contributed by atoms with Crippen LogP contribution < -0.4 is 5.32 Å². The van der Waals surface area contributed by atoms with Gasteiger partial charge in [-0.2, -0.15) is 11.8 Å². The van der Waals surface area contributed by atoms with Gasteiger partial charge in [0.2, 0.25) is 0 Å². The molecule has 0 aromatic carbocycles. The highest BCUT2D eigenvalue weighted by atomic mass is 32.2. The van der Waals surface area contributed by atoms with Crippen LogP contribution in [0.2, 0.25) is 0 Å². The maximum absolute atomic E-state index is 3.59. The van der Waals surface area contributed by atoms with Crippen molar-refractivity contribution >= 4 is 11.8 Å². The third kappa shape index (κ3) is 3.51. The Labute approximate surface area is 87.1 Å². The molecule has 78 valence electrons. The molecule has 1 aliphatic rings. The van der Waals surface area contributed by atoms with Gasteiger partial charge in [-0.3, -0.25) is 0 Å². The topological polar surface area (TPSA) is 12.0 Å². The standard InChI is InChI=1S/C11H23NS/c1-10(2)12-9-11(5-4-6-11)7-8-13-3/h10,12H,4-9H2,1-3H3. The lowest BCUT2D eigenvalue weighted by atomic mass is 9.67. The smallest absolute Gasteiger partial charge is 0.00106 e. The van der Waals surface area contributed by atoms with Gasteiger partial charge in [0.1, 0.15) is 0 Å². The fraction of sp³-hybridized carbons (Fsp3) is 1.00. The van der Waals surface area contributed by atoms with Crippen molar-refractivity contribution in [3.8, 4) is 0 Å². The van der Waals surface area contributed by atoms with Crippen LogP contribution in [0.5, 0.6) is 0 Å². The van der Waals surface area contributed by atoms with Gasteiger partial charge in [-0.15, -0.1) is 0 Å². The monoisotopic (exact) mass is 201 g/mol. The van der Waals surface area contributed by atoms with Crippen LogP contribution >= 0.6 is 11.8 Å². The summed E-state index contributed by atoms with van der Waals surface area (Å²) in [4.78, 5) is 0. The first kappa shape index (κ1) is 11.4. The van der Waals surface area contributed by atoms with E-state index in [2.05, 4.69) is 25.4 Å². The zero-order valence-corrected chi connectivity index (χ0v) is 10.0. The minimum Gasteiger partial charge on any atom is -0.314 e. The van der Waals surface area contributed by atoms with Gasteiger partial charge < -0.3 is 5.32 Å². The molecule has 1 N–H and O–H groups in total. The second-order valence-corrected chi connectivity index (χ2v) is 5.62. The Bertz CT molecular complexity index is 141. The molecule has 0 amide bonds. The van der Waals surface area contributed by atoms with Crippen molar-refractivity contribution in [2.24, 2.45) is 5.41 Å². The zero-order chi connectivity index (χ0) is 9.73. The molecule has 0 heterocycles. The normalized spacial score (nSPS) is 20.3. The van der Waals surface area contributed by atoms with E-state index < -0.39 is 0 Å². The molecular formula is C11H23NS. The molecule has 0 radical (unpaired) electrons. The first-order valence-electron chi connectivity index (χ1n) is 5.41. The summed E-state index contributed by atoms with van der Waals surface area (Å²) in [5.74, 6) is 1.33. The molecule has 0 spiro atoms. The maximum atomic E-state index is 3.59. The summed E-state index contributed by atoms with van der Waals surface area (Å²) in [7, 11) is 0. The van der Waals surface area contributed by atoms with Gasteiger partial charge in [-0.25, -0.2) is 0 Å². The Morgan fingerprint density at radius 2 is 2.08 bits per heavy atom. The Balaban J connectivity index is 2.23. The van der Waals surface area contributed by atoms with E-state index in [-0.39, 0.29) is 0 Å². The Morgan fingerprint density at radius 1 is 1.38 bits per heavy atom. The van der Waals surface area contributed by atoms with Crippen LogP contribution in [0.3, 0.4) is 0 Å². The molecule has 0 bridgehead atoms. The van der Waals surface area contributed by atoms with Crippen molar-refractivity contribution in [3.05, 3.63) is 0 Å². The zero-order valence-electron chi connectivity index (χ0n) is 9.23. The van der Waals surface area contributed by atoms with Gasteiger partial charge in [-0.1, -0.05) is 20.3 Å². The SMILES string of the molecule is CSCCC1(CNC(C)C)CCC1. The lowest BCUT2D eigenvalue weighted by Gasteiger charge is -2.42. The minimum absolute atomic E-state index is 0.645. The second-order valence-electron chi connectivity index (χ2n) is 4.63. The summed E-state index contributed by atoms with van der Waals surface area (Å²) in [5.41, 5.74) is 0.674. The van der Waals surface area contributed by atoms with Gasteiger partial charge in [0.05, 0.1) is 0 Å². The molecule has 1 rings (SSSR count). The van der Waals surface area contributed by atoms with Crippen LogP contribution in [0, 0.1) is 5.41 Å². The summed E-state index contributed by atoms with van der Waals surface area (Å²) in [5, 5.41) is 3.59. The number of hydrogen-bond acceptors (Lipinski definition) is 2. The molecule has 0 aliphatic heterocycles. The van der Waals surface area contributed by atoms with Gasteiger partial charge in [0.15, 0.2) is 0 Å². The predicted molar refractivity (Wildman–Crippen MR) is 62.4 cm³/mol. The van der Waals surface area contributed by atoms with Crippen LogP contribution in [-0.2, 0) is 0 Å². The Hall–Kier alpha value is 0.310. The van der Waals surface area contributed by atoms with Crippen LogP contribution in [0.15, 0.2) is 0 Å². The van der Waals surface area contributed by atoms with E-state index in [1.165, 1.54) is 38.0 Å². The van der Waals surface area contributed by atoms with Crippen molar-refractivity contribution in [3.63, 3.8) is 0 Å². The van der Waals surface area contributed by atoms with Crippen molar-refractivity contribution in [1.82, 2.24) is 5.32 Å². The fourth-order valence-electron chi connectivity index (χ4n) is 1.93. The summed E-state index contributed by atoms with van der Waals surface area (Å²) in [6.45, 7) is 5.72. The van der Waals surface area contributed by atoms with E-state index in [9.17, 15) is 0 Å². The first-order valence-corrected chi connectivity index (χ1v) is 6.80. The average molecular weight is 201 g/mol. The van der Waals surface area contributed by atoms with Crippen molar-refractivity contribution < 1.29 is 0 Å². The molecule has 0 aromatic heterocycles. The summed E-state index contributed by atoms with van der Waals surface area (Å²) < 4.78 is 0. The average Bonchev–Trinajstić information content (AvgIpc) is 2.02. The number of hydrogen-bond donors (Lipinski definition) is 1. The molecule has 13 heavy (non-hydrogen) atoms. The van der Waals surface area contributed by atoms with Crippen LogP contribution in [0.4, 0.5) is 0 Å². The molecule has 2 heteroatoms. The summed E-state index contributed by atoms with van der Waals surface area (Å²) in [6.07, 6.45) is 7.98. The van der Waals surface area contributed by atoms with Crippen molar-refractivity contribution in [2.75, 3.05) is 18.6 Å². The molecule has 0 unspecified atom stereocenters. The first-order chi connectivity index (χ1) is 6.18. The quantitative estimate of drug-likeness (QED) is 0.709. The van der Waals surface area contributed by atoms with Gasteiger partial charge in [0, 0.05) is 12.6 Å². The third-order valence-electron chi connectivity index (χ3n) is 3.14. The molecule has 1 fully saturated rings. The molecule has 1 aliphatic carbocycles. The highest BCUT2D eigenvalue weighted by Crippen LogP contribution is 2.43. The van der Waals surface area contributed by atoms with Gasteiger partial charge in [0.25, 0.3) is 0 Å². The Kier molecular flexibility index (Phi) is 4.60. The molecule has 0 saturated heterocycles. The molecule has 0 atom stereocenters. The van der Waals surface area contributed by atoms with Crippen LogP contribution in [-0.4, -0.2) is 24.6 Å². The van der Waals surface area contributed by atoms with Gasteiger partial charge in [-0.05, 0) is 36.7 Å². The van der Waals surface area contributed by atoms with E-state index in [4.69, 9.17) is 0 Å². The maximum Gasteiger partial charge on any atom is 0.00106 e. The van der Waals surface area contributed by atoms with Gasteiger partial charge >= 0.3 is 0 Å². The lowest BCUT2D eigenvalue weighted by molar-refractivity contribution is 0.122. The van der Waals surface area contributed by atoms with E-state index in [0.29, 0.717) is 11.5 Å². The Morgan fingerprint density at radius 3 is 2.46 bits per heavy atom. The number of nitrogens with one attached hydrogen (secondary N) is 1.